The first-order valence-electron chi connectivity index (χ1n) is 8.38. The number of likely N-dealkylation sites (tertiary alicyclic amines) is 1. The zero-order chi connectivity index (χ0) is 17.5. The van der Waals surface area contributed by atoms with E-state index < -0.39 is 18.2 Å². The molecule has 0 radical (unpaired) electrons. The van der Waals surface area contributed by atoms with Crippen LogP contribution in [0, 0.1) is 18.8 Å². The first kappa shape index (κ1) is 17.3. The van der Waals surface area contributed by atoms with Crippen LogP contribution < -0.4 is 0 Å². The van der Waals surface area contributed by atoms with E-state index in [0.29, 0.717) is 13.1 Å². The third-order valence-electron chi connectivity index (χ3n) is 5.33. The van der Waals surface area contributed by atoms with E-state index in [-0.39, 0.29) is 30.6 Å². The molecule has 24 heavy (non-hydrogen) atoms. The molecule has 1 heterocycles. The second-order valence-corrected chi connectivity index (χ2v) is 6.95. The van der Waals surface area contributed by atoms with Crippen LogP contribution in [0.4, 0.5) is 13.2 Å². The number of rotatable bonds is 3. The fourth-order valence-corrected chi connectivity index (χ4v) is 3.75. The number of alkyl halides is 3. The Hall–Kier alpha value is -1.56. The van der Waals surface area contributed by atoms with Gasteiger partial charge in [-0.25, -0.2) is 0 Å². The lowest BCUT2D eigenvalue weighted by Crippen LogP contribution is -2.45. The number of carbonyl (C=O) groups excluding carboxylic acids is 1. The summed E-state index contributed by atoms with van der Waals surface area (Å²) in [6, 6.07) is 8.00. The summed E-state index contributed by atoms with van der Waals surface area (Å²) in [5.41, 5.74) is 2.36. The van der Waals surface area contributed by atoms with E-state index in [1.807, 2.05) is 31.2 Å². The van der Waals surface area contributed by atoms with Crippen molar-refractivity contribution in [2.24, 2.45) is 11.8 Å². The minimum absolute atomic E-state index is 0.0446. The van der Waals surface area contributed by atoms with Crippen molar-refractivity contribution in [3.8, 4) is 0 Å². The number of halogens is 3. The first-order chi connectivity index (χ1) is 11.3. The van der Waals surface area contributed by atoms with Crippen molar-refractivity contribution in [3.63, 3.8) is 0 Å². The average molecular weight is 341 g/mol. The van der Waals surface area contributed by atoms with E-state index in [1.165, 1.54) is 11.1 Å². The van der Waals surface area contributed by atoms with E-state index in [9.17, 15) is 23.1 Å². The topological polar surface area (TPSA) is 40.5 Å². The van der Waals surface area contributed by atoms with Crippen molar-refractivity contribution in [2.75, 3.05) is 13.1 Å². The maximum Gasteiger partial charge on any atom is 0.414 e. The molecule has 1 aromatic carbocycles. The summed E-state index contributed by atoms with van der Waals surface area (Å²) < 4.78 is 37.7. The maximum atomic E-state index is 12.6. The number of piperidine rings is 1. The van der Waals surface area contributed by atoms with Gasteiger partial charge >= 0.3 is 6.18 Å². The normalized spacial score (nSPS) is 26.3. The predicted octanol–water partition coefficient (Wildman–Crippen LogP) is 3.26. The maximum absolute atomic E-state index is 12.6. The highest BCUT2D eigenvalue weighted by Crippen LogP contribution is 2.49. The summed E-state index contributed by atoms with van der Waals surface area (Å²) in [6.07, 6.45) is -5.64. The Labute approximate surface area is 139 Å². The van der Waals surface area contributed by atoms with Gasteiger partial charge in [-0.2, -0.15) is 13.2 Å². The Bertz CT molecular complexity index is 609. The summed E-state index contributed by atoms with van der Waals surface area (Å²) in [5, 5.41) is 9.35. The number of carbonyl (C=O) groups is 1. The van der Waals surface area contributed by atoms with Crippen molar-refractivity contribution >= 4 is 5.91 Å². The van der Waals surface area contributed by atoms with E-state index in [0.717, 1.165) is 6.42 Å². The molecule has 1 amide bonds. The van der Waals surface area contributed by atoms with Crippen molar-refractivity contribution in [3.05, 3.63) is 35.4 Å². The van der Waals surface area contributed by atoms with Crippen molar-refractivity contribution in [1.29, 1.82) is 0 Å². The number of amides is 1. The Morgan fingerprint density at radius 2 is 1.88 bits per heavy atom. The molecule has 1 saturated carbocycles. The molecule has 2 fully saturated rings. The highest BCUT2D eigenvalue weighted by Gasteiger charge is 2.48. The summed E-state index contributed by atoms with van der Waals surface area (Å²) in [4.78, 5) is 14.2. The van der Waals surface area contributed by atoms with Crippen LogP contribution in [0.2, 0.25) is 0 Å². The van der Waals surface area contributed by atoms with E-state index in [1.54, 1.807) is 4.90 Å². The van der Waals surface area contributed by atoms with E-state index in [2.05, 4.69) is 0 Å². The lowest BCUT2D eigenvalue weighted by Gasteiger charge is -2.35. The molecule has 1 N–H and O–H groups in total. The van der Waals surface area contributed by atoms with Gasteiger partial charge in [0.2, 0.25) is 5.91 Å². The molecule has 132 valence electrons. The minimum atomic E-state index is -4.58. The molecule has 3 unspecified atom stereocenters. The number of aliphatic hydroxyl groups excluding tert-OH is 1. The standard InChI is InChI=1S/C18H22F3NO2/c1-11-4-2-3-5-13(11)14-10-15(14)17(24)22-8-6-12(7-9-22)16(23)18(19,20)21/h2-5,12,14-16,23H,6-10H2,1H3. The van der Waals surface area contributed by atoms with Crippen LogP contribution in [-0.2, 0) is 4.79 Å². The largest absolute Gasteiger partial charge is 0.414 e. The number of aryl methyl sites for hydroxylation is 1. The summed E-state index contributed by atoms with van der Waals surface area (Å²) in [6.45, 7) is 2.63. The number of nitrogens with zero attached hydrogens (tertiary/aromatic N) is 1. The van der Waals surface area contributed by atoms with Gasteiger partial charge in [0.25, 0.3) is 0 Å². The fraction of sp³-hybridized carbons (Fsp3) is 0.611. The quantitative estimate of drug-likeness (QED) is 0.917. The lowest BCUT2D eigenvalue weighted by atomic mass is 9.90. The van der Waals surface area contributed by atoms with Gasteiger partial charge in [-0.15, -0.1) is 0 Å². The number of hydrogen-bond donors (Lipinski definition) is 1. The van der Waals surface area contributed by atoms with Gasteiger partial charge in [0.15, 0.2) is 6.10 Å². The zero-order valence-electron chi connectivity index (χ0n) is 13.6. The van der Waals surface area contributed by atoms with Crippen LogP contribution in [0.3, 0.4) is 0 Å². The van der Waals surface area contributed by atoms with E-state index in [4.69, 9.17) is 0 Å². The fourth-order valence-electron chi connectivity index (χ4n) is 3.75. The molecule has 2 aliphatic rings. The third kappa shape index (κ3) is 3.43. The van der Waals surface area contributed by atoms with Gasteiger partial charge in [0.1, 0.15) is 0 Å². The highest BCUT2D eigenvalue weighted by atomic mass is 19.4. The van der Waals surface area contributed by atoms with Crippen molar-refractivity contribution in [1.82, 2.24) is 4.90 Å². The summed E-state index contributed by atoms with van der Waals surface area (Å²) in [5.74, 6) is -0.573. The van der Waals surface area contributed by atoms with Crippen LogP contribution in [0.25, 0.3) is 0 Å². The molecule has 0 aromatic heterocycles. The lowest BCUT2D eigenvalue weighted by molar-refractivity contribution is -0.223. The molecule has 0 bridgehead atoms. The molecular formula is C18H22F3NO2. The molecule has 1 saturated heterocycles. The summed E-state index contributed by atoms with van der Waals surface area (Å²) in [7, 11) is 0. The molecular weight excluding hydrogens is 319 g/mol. The molecule has 1 aliphatic heterocycles. The number of aliphatic hydroxyl groups is 1. The molecule has 3 atom stereocenters. The van der Waals surface area contributed by atoms with Gasteiger partial charge in [0.05, 0.1) is 0 Å². The molecule has 1 aliphatic carbocycles. The molecule has 3 nitrogen and oxygen atoms in total. The predicted molar refractivity (Wildman–Crippen MR) is 83.4 cm³/mol. The highest BCUT2D eigenvalue weighted by molar-refractivity contribution is 5.83. The van der Waals surface area contributed by atoms with Crippen LogP contribution in [0.15, 0.2) is 24.3 Å². The second-order valence-electron chi connectivity index (χ2n) is 6.95. The van der Waals surface area contributed by atoms with Gasteiger partial charge in [-0.3, -0.25) is 4.79 Å². The first-order valence-corrected chi connectivity index (χ1v) is 8.38. The van der Waals surface area contributed by atoms with Crippen LogP contribution in [-0.4, -0.2) is 41.3 Å². The Morgan fingerprint density at radius 3 is 2.46 bits per heavy atom. The molecule has 6 heteroatoms. The monoisotopic (exact) mass is 341 g/mol. The van der Waals surface area contributed by atoms with Gasteiger partial charge in [0, 0.05) is 19.0 Å². The Kier molecular flexibility index (Phi) is 4.60. The van der Waals surface area contributed by atoms with Gasteiger partial charge in [-0.05, 0) is 49.1 Å². The van der Waals surface area contributed by atoms with Crippen molar-refractivity contribution < 1.29 is 23.1 Å². The van der Waals surface area contributed by atoms with Crippen LogP contribution >= 0.6 is 0 Å². The smallest absolute Gasteiger partial charge is 0.383 e. The minimum Gasteiger partial charge on any atom is -0.383 e. The van der Waals surface area contributed by atoms with Crippen LogP contribution in [0.1, 0.15) is 36.3 Å². The SMILES string of the molecule is Cc1ccccc1C1CC1C(=O)N1CCC(C(O)C(F)(F)F)CC1. The Morgan fingerprint density at radius 1 is 1.25 bits per heavy atom. The molecule has 3 rings (SSSR count). The van der Waals surface area contributed by atoms with Gasteiger partial charge in [-0.1, -0.05) is 24.3 Å². The summed E-state index contributed by atoms with van der Waals surface area (Å²) >= 11 is 0. The third-order valence-corrected chi connectivity index (χ3v) is 5.33. The number of benzene rings is 1. The van der Waals surface area contributed by atoms with Crippen molar-refractivity contribution in [2.45, 2.75) is 44.4 Å². The average Bonchev–Trinajstić information content (AvgIpc) is 3.33. The Balaban J connectivity index is 1.55. The number of hydrogen-bond acceptors (Lipinski definition) is 2. The molecule has 0 spiro atoms. The van der Waals surface area contributed by atoms with E-state index >= 15 is 0 Å². The zero-order valence-corrected chi connectivity index (χ0v) is 13.6. The van der Waals surface area contributed by atoms with Crippen LogP contribution in [0.5, 0.6) is 0 Å². The second kappa shape index (κ2) is 6.39. The van der Waals surface area contributed by atoms with Gasteiger partial charge < -0.3 is 10.0 Å². The molecule has 1 aromatic rings.